The van der Waals surface area contributed by atoms with Crippen molar-refractivity contribution in [1.82, 2.24) is 10.6 Å². The fourth-order valence-corrected chi connectivity index (χ4v) is 1.95. The molecule has 0 aliphatic carbocycles. The second kappa shape index (κ2) is 8.36. The zero-order valence-corrected chi connectivity index (χ0v) is 11.3. The van der Waals surface area contributed by atoms with Gasteiger partial charge in [0.25, 0.3) is 0 Å². The van der Waals surface area contributed by atoms with Gasteiger partial charge in [0.1, 0.15) is 6.04 Å². The maximum absolute atomic E-state index is 11.5. The summed E-state index contributed by atoms with van der Waals surface area (Å²) in [6.07, 6.45) is 1.68. The summed E-state index contributed by atoms with van der Waals surface area (Å²) in [5, 5.41) is 13.8. The van der Waals surface area contributed by atoms with Crippen LogP contribution in [0.15, 0.2) is 0 Å². The molecule has 1 aliphatic heterocycles. The van der Waals surface area contributed by atoms with Crippen LogP contribution in [0.4, 0.5) is 4.79 Å². The molecule has 0 spiro atoms. The Bertz CT molecular complexity index is 355. The van der Waals surface area contributed by atoms with Crippen LogP contribution in [0.3, 0.4) is 0 Å². The predicted octanol–water partition coefficient (Wildman–Crippen LogP) is -0.569. The third-order valence-corrected chi connectivity index (χ3v) is 3.14. The number of aliphatic carboxylic acids is 1. The van der Waals surface area contributed by atoms with E-state index in [0.717, 1.165) is 19.4 Å². The van der Waals surface area contributed by atoms with E-state index in [-0.39, 0.29) is 12.8 Å². The average molecular weight is 287 g/mol. The van der Waals surface area contributed by atoms with E-state index in [4.69, 9.17) is 15.6 Å². The van der Waals surface area contributed by atoms with E-state index in [9.17, 15) is 14.4 Å². The number of hydrogen-bond donors (Lipinski definition) is 4. The first-order valence-electron chi connectivity index (χ1n) is 6.62. The SMILES string of the molecule is NC(=O)CCC(NC(=O)NCCC1CCOC1)C(=O)O. The van der Waals surface area contributed by atoms with Gasteiger partial charge in [0, 0.05) is 26.2 Å². The molecular formula is C12H21N3O5. The van der Waals surface area contributed by atoms with E-state index in [2.05, 4.69) is 10.6 Å². The molecule has 114 valence electrons. The van der Waals surface area contributed by atoms with Crippen molar-refractivity contribution in [3.05, 3.63) is 0 Å². The summed E-state index contributed by atoms with van der Waals surface area (Å²) in [5.41, 5.74) is 4.95. The molecule has 5 N–H and O–H groups in total. The van der Waals surface area contributed by atoms with Gasteiger partial charge in [-0.25, -0.2) is 9.59 Å². The van der Waals surface area contributed by atoms with Gasteiger partial charge in [-0.3, -0.25) is 4.79 Å². The lowest BCUT2D eigenvalue weighted by molar-refractivity contribution is -0.139. The quantitative estimate of drug-likeness (QED) is 0.475. The molecule has 0 aromatic carbocycles. The molecule has 0 aromatic heterocycles. The molecule has 0 bridgehead atoms. The lowest BCUT2D eigenvalue weighted by atomic mass is 10.1. The monoisotopic (exact) mass is 287 g/mol. The number of carbonyl (C=O) groups excluding carboxylic acids is 2. The summed E-state index contributed by atoms with van der Waals surface area (Å²) in [4.78, 5) is 33.1. The summed E-state index contributed by atoms with van der Waals surface area (Å²) in [5.74, 6) is -1.34. The molecule has 1 fully saturated rings. The van der Waals surface area contributed by atoms with Gasteiger partial charge in [0.05, 0.1) is 0 Å². The summed E-state index contributed by atoms with van der Waals surface area (Å²) in [6, 6.07) is -1.67. The van der Waals surface area contributed by atoms with Crippen molar-refractivity contribution in [3.63, 3.8) is 0 Å². The van der Waals surface area contributed by atoms with Crippen molar-refractivity contribution in [3.8, 4) is 0 Å². The Morgan fingerprint density at radius 2 is 2.15 bits per heavy atom. The van der Waals surface area contributed by atoms with E-state index in [0.29, 0.717) is 19.1 Å². The van der Waals surface area contributed by atoms with Crippen LogP contribution in [-0.2, 0) is 14.3 Å². The lowest BCUT2D eigenvalue weighted by Gasteiger charge is -2.15. The highest BCUT2D eigenvalue weighted by Gasteiger charge is 2.21. The Morgan fingerprint density at radius 1 is 1.40 bits per heavy atom. The molecule has 1 rings (SSSR count). The molecule has 3 amide bonds. The Labute approximate surface area is 117 Å². The Kier molecular flexibility index (Phi) is 6.78. The maximum atomic E-state index is 11.5. The van der Waals surface area contributed by atoms with Gasteiger partial charge in [-0.05, 0) is 25.2 Å². The molecule has 2 atom stereocenters. The highest BCUT2D eigenvalue weighted by atomic mass is 16.5. The van der Waals surface area contributed by atoms with Crippen molar-refractivity contribution in [2.24, 2.45) is 11.7 Å². The van der Waals surface area contributed by atoms with Crippen LogP contribution in [0.1, 0.15) is 25.7 Å². The van der Waals surface area contributed by atoms with Crippen molar-refractivity contribution in [2.75, 3.05) is 19.8 Å². The van der Waals surface area contributed by atoms with Gasteiger partial charge in [-0.2, -0.15) is 0 Å². The normalized spacial score (nSPS) is 19.3. The minimum atomic E-state index is -1.19. The summed E-state index contributed by atoms with van der Waals surface area (Å²) in [7, 11) is 0. The van der Waals surface area contributed by atoms with Crippen molar-refractivity contribution in [1.29, 1.82) is 0 Å². The van der Waals surface area contributed by atoms with E-state index >= 15 is 0 Å². The second-order valence-electron chi connectivity index (χ2n) is 4.81. The average Bonchev–Trinajstić information content (AvgIpc) is 2.87. The van der Waals surface area contributed by atoms with Gasteiger partial charge >= 0.3 is 12.0 Å². The van der Waals surface area contributed by atoms with Crippen molar-refractivity contribution < 1.29 is 24.2 Å². The minimum Gasteiger partial charge on any atom is -0.480 e. The Balaban J connectivity index is 2.22. The third-order valence-electron chi connectivity index (χ3n) is 3.14. The van der Waals surface area contributed by atoms with Crippen molar-refractivity contribution >= 4 is 17.9 Å². The second-order valence-corrected chi connectivity index (χ2v) is 4.81. The van der Waals surface area contributed by atoms with Gasteiger partial charge in [-0.1, -0.05) is 0 Å². The van der Waals surface area contributed by atoms with Crippen LogP contribution in [-0.4, -0.2) is 48.8 Å². The zero-order chi connectivity index (χ0) is 15.0. The zero-order valence-electron chi connectivity index (χ0n) is 11.3. The molecule has 0 aromatic rings. The van der Waals surface area contributed by atoms with Crippen LogP contribution in [0.25, 0.3) is 0 Å². The van der Waals surface area contributed by atoms with Crippen LogP contribution < -0.4 is 16.4 Å². The number of ether oxygens (including phenoxy) is 1. The third kappa shape index (κ3) is 6.37. The van der Waals surface area contributed by atoms with Crippen LogP contribution in [0.2, 0.25) is 0 Å². The molecule has 1 aliphatic rings. The molecular weight excluding hydrogens is 266 g/mol. The number of urea groups is 1. The maximum Gasteiger partial charge on any atom is 0.326 e. The number of nitrogens with one attached hydrogen (secondary N) is 2. The van der Waals surface area contributed by atoms with E-state index in [1.165, 1.54) is 0 Å². The number of carboxylic acid groups (broad SMARTS) is 1. The first-order valence-corrected chi connectivity index (χ1v) is 6.62. The first-order chi connectivity index (χ1) is 9.49. The van der Waals surface area contributed by atoms with Gasteiger partial charge < -0.3 is 26.2 Å². The molecule has 8 heteroatoms. The molecule has 1 saturated heterocycles. The number of rotatable bonds is 8. The van der Waals surface area contributed by atoms with E-state index < -0.39 is 23.9 Å². The number of hydrogen-bond acceptors (Lipinski definition) is 4. The fourth-order valence-electron chi connectivity index (χ4n) is 1.95. The van der Waals surface area contributed by atoms with Gasteiger partial charge in [0.15, 0.2) is 0 Å². The van der Waals surface area contributed by atoms with Crippen LogP contribution in [0.5, 0.6) is 0 Å². The Morgan fingerprint density at radius 3 is 2.70 bits per heavy atom. The molecule has 0 saturated carbocycles. The lowest BCUT2D eigenvalue weighted by Crippen LogP contribution is -2.46. The molecule has 20 heavy (non-hydrogen) atoms. The largest absolute Gasteiger partial charge is 0.480 e. The fraction of sp³-hybridized carbons (Fsp3) is 0.750. The summed E-state index contributed by atoms with van der Waals surface area (Å²) >= 11 is 0. The topological polar surface area (TPSA) is 131 Å². The molecule has 0 radical (unpaired) electrons. The number of carbonyl (C=O) groups is 3. The van der Waals surface area contributed by atoms with Gasteiger partial charge in [0.2, 0.25) is 5.91 Å². The standard InChI is InChI=1S/C12H21N3O5/c13-10(16)2-1-9(11(17)18)15-12(19)14-5-3-8-4-6-20-7-8/h8-9H,1-7H2,(H2,13,16)(H,17,18)(H2,14,15,19). The number of amides is 3. The van der Waals surface area contributed by atoms with E-state index in [1.54, 1.807) is 0 Å². The summed E-state index contributed by atoms with van der Waals surface area (Å²) < 4.78 is 5.22. The van der Waals surface area contributed by atoms with Crippen molar-refractivity contribution in [2.45, 2.75) is 31.7 Å². The van der Waals surface area contributed by atoms with E-state index in [1.807, 2.05) is 0 Å². The molecule has 2 unspecified atom stereocenters. The smallest absolute Gasteiger partial charge is 0.326 e. The van der Waals surface area contributed by atoms with Gasteiger partial charge in [-0.15, -0.1) is 0 Å². The molecule has 1 heterocycles. The highest BCUT2D eigenvalue weighted by molar-refractivity contribution is 5.83. The number of primary amides is 1. The van der Waals surface area contributed by atoms with Crippen LogP contribution >= 0.6 is 0 Å². The first kappa shape index (κ1) is 16.2. The van der Waals surface area contributed by atoms with Crippen LogP contribution in [0, 0.1) is 5.92 Å². The predicted molar refractivity (Wildman–Crippen MR) is 69.9 cm³/mol. The minimum absolute atomic E-state index is 0.0193. The number of nitrogens with two attached hydrogens (primary N) is 1. The highest BCUT2D eigenvalue weighted by Crippen LogP contribution is 2.15. The summed E-state index contributed by atoms with van der Waals surface area (Å²) in [6.45, 7) is 1.92. The Hall–Kier alpha value is -1.83. The number of carboxylic acids is 1. The molecule has 8 nitrogen and oxygen atoms in total.